The Hall–Kier alpha value is -0.0800. The molecule has 17 heavy (non-hydrogen) atoms. The standard InChI is InChI=1S/C15H28N2/c1-11-5-2-3-8-15(11)17-13-6-4-7-14(17)10-12(16)9-13/h11-15H,2-10,16H2,1H3. The van der Waals surface area contributed by atoms with Crippen LogP contribution >= 0.6 is 0 Å². The van der Waals surface area contributed by atoms with E-state index in [2.05, 4.69) is 11.8 Å². The van der Waals surface area contributed by atoms with Crippen molar-refractivity contribution >= 4 is 0 Å². The molecule has 3 rings (SSSR count). The molecule has 98 valence electrons. The van der Waals surface area contributed by atoms with E-state index in [1.54, 1.807) is 0 Å². The lowest BCUT2D eigenvalue weighted by Gasteiger charge is -2.54. The number of hydrogen-bond acceptors (Lipinski definition) is 2. The molecule has 3 aliphatic rings. The lowest BCUT2D eigenvalue weighted by molar-refractivity contribution is -0.0347. The van der Waals surface area contributed by atoms with E-state index >= 15 is 0 Å². The highest BCUT2D eigenvalue weighted by Crippen LogP contribution is 2.40. The van der Waals surface area contributed by atoms with Crippen LogP contribution in [-0.2, 0) is 0 Å². The molecule has 0 aromatic rings. The van der Waals surface area contributed by atoms with Gasteiger partial charge in [-0.1, -0.05) is 26.2 Å². The summed E-state index contributed by atoms with van der Waals surface area (Å²) >= 11 is 0. The van der Waals surface area contributed by atoms with Gasteiger partial charge in [0.05, 0.1) is 0 Å². The highest BCUT2D eigenvalue weighted by atomic mass is 15.2. The first-order chi connectivity index (χ1) is 8.25. The largest absolute Gasteiger partial charge is 0.328 e. The van der Waals surface area contributed by atoms with Crippen LogP contribution in [0.2, 0.25) is 0 Å². The zero-order valence-corrected chi connectivity index (χ0v) is 11.3. The third kappa shape index (κ3) is 2.26. The van der Waals surface area contributed by atoms with Crippen LogP contribution in [0.5, 0.6) is 0 Å². The quantitative estimate of drug-likeness (QED) is 0.758. The van der Waals surface area contributed by atoms with Crippen molar-refractivity contribution in [2.45, 2.75) is 88.9 Å². The van der Waals surface area contributed by atoms with Gasteiger partial charge in [0.15, 0.2) is 0 Å². The Kier molecular flexibility index (Phi) is 3.45. The molecule has 4 atom stereocenters. The van der Waals surface area contributed by atoms with Gasteiger partial charge in [-0.15, -0.1) is 0 Å². The number of nitrogens with two attached hydrogens (primary N) is 1. The summed E-state index contributed by atoms with van der Waals surface area (Å²) in [7, 11) is 0. The predicted molar refractivity (Wildman–Crippen MR) is 71.9 cm³/mol. The van der Waals surface area contributed by atoms with Gasteiger partial charge in [-0.05, 0) is 44.4 Å². The lowest BCUT2D eigenvalue weighted by Crippen LogP contribution is -2.60. The number of fused-ring (bicyclic) bond motifs is 2. The van der Waals surface area contributed by atoms with Gasteiger partial charge in [0.1, 0.15) is 0 Å². The summed E-state index contributed by atoms with van der Waals surface area (Å²) in [5.41, 5.74) is 6.22. The van der Waals surface area contributed by atoms with Crippen LogP contribution in [0.15, 0.2) is 0 Å². The van der Waals surface area contributed by atoms with Crippen molar-refractivity contribution in [1.29, 1.82) is 0 Å². The second-order valence-corrected chi connectivity index (χ2v) is 6.75. The summed E-state index contributed by atoms with van der Waals surface area (Å²) < 4.78 is 0. The highest BCUT2D eigenvalue weighted by Gasteiger charge is 2.42. The predicted octanol–water partition coefficient (Wildman–Crippen LogP) is 2.91. The summed E-state index contributed by atoms with van der Waals surface area (Å²) in [6, 6.07) is 3.01. The molecule has 2 saturated heterocycles. The fraction of sp³-hybridized carbons (Fsp3) is 1.00. The van der Waals surface area contributed by atoms with Gasteiger partial charge in [0.2, 0.25) is 0 Å². The Morgan fingerprint density at radius 3 is 2.18 bits per heavy atom. The summed E-state index contributed by atoms with van der Waals surface area (Å²) in [6.07, 6.45) is 12.6. The average Bonchev–Trinajstić information content (AvgIpc) is 2.29. The van der Waals surface area contributed by atoms with Crippen LogP contribution in [0.4, 0.5) is 0 Å². The summed E-state index contributed by atoms with van der Waals surface area (Å²) in [4.78, 5) is 2.93. The molecule has 3 fully saturated rings. The number of nitrogens with zero attached hydrogens (tertiary/aromatic N) is 1. The fourth-order valence-electron chi connectivity index (χ4n) is 4.74. The first kappa shape index (κ1) is 12.0. The number of piperidine rings is 2. The van der Waals surface area contributed by atoms with Gasteiger partial charge >= 0.3 is 0 Å². The molecule has 2 heterocycles. The Bertz CT molecular complexity index is 252. The molecule has 1 aliphatic carbocycles. The fourth-order valence-corrected chi connectivity index (χ4v) is 4.74. The molecule has 2 aliphatic heterocycles. The van der Waals surface area contributed by atoms with Crippen LogP contribution in [0, 0.1) is 5.92 Å². The average molecular weight is 236 g/mol. The topological polar surface area (TPSA) is 29.3 Å². The molecule has 0 aromatic carbocycles. The van der Waals surface area contributed by atoms with Gasteiger partial charge < -0.3 is 5.73 Å². The zero-order valence-electron chi connectivity index (χ0n) is 11.3. The first-order valence-corrected chi connectivity index (χ1v) is 7.78. The molecule has 1 saturated carbocycles. The maximum absolute atomic E-state index is 6.22. The molecule has 0 amide bonds. The van der Waals surface area contributed by atoms with E-state index in [1.165, 1.54) is 57.8 Å². The maximum Gasteiger partial charge on any atom is 0.0127 e. The molecular formula is C15H28N2. The van der Waals surface area contributed by atoms with Crippen LogP contribution in [0.3, 0.4) is 0 Å². The minimum absolute atomic E-state index is 0.487. The van der Waals surface area contributed by atoms with Crippen molar-refractivity contribution in [3.8, 4) is 0 Å². The van der Waals surface area contributed by atoms with E-state index in [-0.39, 0.29) is 0 Å². The zero-order chi connectivity index (χ0) is 11.8. The normalized spacial score (nSPS) is 48.0. The maximum atomic E-state index is 6.22. The van der Waals surface area contributed by atoms with Crippen LogP contribution in [0.1, 0.15) is 64.7 Å². The Balaban J connectivity index is 1.76. The molecular weight excluding hydrogens is 208 g/mol. The van der Waals surface area contributed by atoms with E-state index < -0.39 is 0 Å². The van der Waals surface area contributed by atoms with Crippen molar-refractivity contribution < 1.29 is 0 Å². The van der Waals surface area contributed by atoms with E-state index in [0.717, 1.165) is 24.0 Å². The molecule has 2 bridgehead atoms. The molecule has 0 spiro atoms. The van der Waals surface area contributed by atoms with E-state index in [4.69, 9.17) is 5.73 Å². The SMILES string of the molecule is CC1CCCCC1N1C2CCCC1CC(N)C2. The van der Waals surface area contributed by atoms with Gasteiger partial charge in [0, 0.05) is 24.2 Å². The van der Waals surface area contributed by atoms with Crippen molar-refractivity contribution in [1.82, 2.24) is 4.90 Å². The molecule has 4 unspecified atom stereocenters. The third-order valence-corrected chi connectivity index (χ3v) is 5.52. The lowest BCUT2D eigenvalue weighted by atomic mass is 9.76. The van der Waals surface area contributed by atoms with Crippen LogP contribution in [-0.4, -0.2) is 29.1 Å². The smallest absolute Gasteiger partial charge is 0.0127 e. The monoisotopic (exact) mass is 236 g/mol. The van der Waals surface area contributed by atoms with Gasteiger partial charge in [-0.25, -0.2) is 0 Å². The Morgan fingerprint density at radius 2 is 1.53 bits per heavy atom. The Morgan fingerprint density at radius 1 is 0.882 bits per heavy atom. The minimum Gasteiger partial charge on any atom is -0.328 e. The molecule has 0 aromatic heterocycles. The van der Waals surface area contributed by atoms with Crippen LogP contribution in [0.25, 0.3) is 0 Å². The summed E-state index contributed by atoms with van der Waals surface area (Å²) in [5.74, 6) is 0.918. The third-order valence-electron chi connectivity index (χ3n) is 5.52. The molecule has 2 N–H and O–H groups in total. The molecule has 0 radical (unpaired) electrons. The van der Waals surface area contributed by atoms with Gasteiger partial charge in [0.25, 0.3) is 0 Å². The van der Waals surface area contributed by atoms with E-state index in [1.807, 2.05) is 0 Å². The molecule has 2 heteroatoms. The van der Waals surface area contributed by atoms with Crippen molar-refractivity contribution in [2.24, 2.45) is 11.7 Å². The van der Waals surface area contributed by atoms with Crippen LogP contribution < -0.4 is 5.73 Å². The first-order valence-electron chi connectivity index (χ1n) is 7.78. The van der Waals surface area contributed by atoms with Crippen molar-refractivity contribution in [3.63, 3.8) is 0 Å². The second-order valence-electron chi connectivity index (χ2n) is 6.75. The molecule has 2 nitrogen and oxygen atoms in total. The highest BCUT2D eigenvalue weighted by molar-refractivity contribution is 4.98. The van der Waals surface area contributed by atoms with E-state index in [9.17, 15) is 0 Å². The number of hydrogen-bond donors (Lipinski definition) is 1. The Labute approximate surface area is 106 Å². The van der Waals surface area contributed by atoms with Gasteiger partial charge in [-0.2, -0.15) is 0 Å². The number of rotatable bonds is 1. The minimum atomic E-state index is 0.487. The van der Waals surface area contributed by atoms with Gasteiger partial charge in [-0.3, -0.25) is 4.90 Å². The van der Waals surface area contributed by atoms with Crippen molar-refractivity contribution in [2.75, 3.05) is 0 Å². The van der Waals surface area contributed by atoms with E-state index in [0.29, 0.717) is 6.04 Å². The van der Waals surface area contributed by atoms with Crippen molar-refractivity contribution in [3.05, 3.63) is 0 Å². The summed E-state index contributed by atoms with van der Waals surface area (Å²) in [6.45, 7) is 2.48. The summed E-state index contributed by atoms with van der Waals surface area (Å²) in [5, 5.41) is 0. The second kappa shape index (κ2) is 4.89.